The number of carbonyl (C=O) groups is 3. The van der Waals surface area contributed by atoms with Crippen LogP contribution >= 0.6 is 0 Å². The summed E-state index contributed by atoms with van der Waals surface area (Å²) in [5.41, 5.74) is -0.518. The number of carboxylic acid groups (broad SMARTS) is 1. The summed E-state index contributed by atoms with van der Waals surface area (Å²) in [5, 5.41) is 8.55. The highest BCUT2D eigenvalue weighted by Gasteiger charge is 2.19. The average Bonchev–Trinajstić information content (AvgIpc) is 3.07. The summed E-state index contributed by atoms with van der Waals surface area (Å²) in [4.78, 5) is 35.2. The lowest BCUT2D eigenvalue weighted by Gasteiger charge is -2.24. The monoisotopic (exact) mass is 743 g/mol. The molecule has 0 spiro atoms. The van der Waals surface area contributed by atoms with E-state index in [4.69, 9.17) is 61.9 Å². The molecular formula is C34H65NO16. The minimum Gasteiger partial charge on any atom is -0.481 e. The standard InChI is InChI=1S/C34H65NO16/c1-34(2,3)51-33(39)35(4)9-10-40-11-12-41-13-14-42-15-16-43-17-18-44-19-20-45-21-22-46-23-24-47-25-26-48-27-28-49-29-30-50-32(38)8-6-5-7-31(36)37/h5-30H2,1-4H3,(H,36,37). The highest BCUT2D eigenvalue weighted by Crippen LogP contribution is 2.08. The molecule has 0 saturated carbocycles. The second kappa shape index (κ2) is 36.2. The van der Waals surface area contributed by atoms with Crippen LogP contribution in [0, 0.1) is 0 Å². The van der Waals surface area contributed by atoms with Crippen molar-refractivity contribution < 1.29 is 76.3 Å². The first kappa shape index (κ1) is 48.8. The molecular weight excluding hydrogens is 678 g/mol. The van der Waals surface area contributed by atoms with Gasteiger partial charge in [-0.3, -0.25) is 9.59 Å². The number of amides is 1. The topological polar surface area (TPSA) is 185 Å². The van der Waals surface area contributed by atoms with Crippen molar-refractivity contribution in [1.82, 2.24) is 4.90 Å². The molecule has 1 amide bonds. The Morgan fingerprint density at radius 2 is 0.765 bits per heavy atom. The van der Waals surface area contributed by atoms with E-state index in [0.717, 1.165) is 0 Å². The zero-order valence-corrected chi connectivity index (χ0v) is 31.4. The van der Waals surface area contributed by atoms with Crippen molar-refractivity contribution in [3.05, 3.63) is 0 Å². The van der Waals surface area contributed by atoms with Gasteiger partial charge in [0.05, 0.1) is 132 Å². The normalized spacial score (nSPS) is 11.5. The number of hydrogen-bond acceptors (Lipinski definition) is 15. The van der Waals surface area contributed by atoms with Crippen LogP contribution in [-0.4, -0.2) is 186 Å². The smallest absolute Gasteiger partial charge is 0.410 e. The third-order valence-electron chi connectivity index (χ3n) is 6.14. The van der Waals surface area contributed by atoms with Gasteiger partial charge in [-0.1, -0.05) is 0 Å². The minimum atomic E-state index is -0.866. The van der Waals surface area contributed by atoms with Crippen molar-refractivity contribution in [2.45, 2.75) is 52.1 Å². The van der Waals surface area contributed by atoms with E-state index in [0.29, 0.717) is 145 Å². The molecule has 0 aromatic carbocycles. The van der Waals surface area contributed by atoms with E-state index in [1.807, 2.05) is 20.8 Å². The van der Waals surface area contributed by atoms with Gasteiger partial charge < -0.3 is 66.8 Å². The molecule has 1 N–H and O–H groups in total. The van der Waals surface area contributed by atoms with Gasteiger partial charge in [-0.05, 0) is 33.6 Å². The van der Waals surface area contributed by atoms with Crippen LogP contribution in [0.5, 0.6) is 0 Å². The third-order valence-corrected chi connectivity index (χ3v) is 6.14. The number of rotatable bonds is 38. The fourth-order valence-electron chi connectivity index (χ4n) is 3.55. The van der Waals surface area contributed by atoms with Crippen LogP contribution in [0.15, 0.2) is 0 Å². The maximum Gasteiger partial charge on any atom is 0.410 e. The molecule has 0 aliphatic heterocycles. The van der Waals surface area contributed by atoms with Gasteiger partial charge >= 0.3 is 18.0 Å². The summed E-state index contributed by atoms with van der Waals surface area (Å²) in [6, 6.07) is 0. The summed E-state index contributed by atoms with van der Waals surface area (Å²) >= 11 is 0. The van der Waals surface area contributed by atoms with Crippen molar-refractivity contribution in [2.24, 2.45) is 0 Å². The predicted octanol–water partition coefficient (Wildman–Crippen LogP) is 2.21. The zero-order valence-electron chi connectivity index (χ0n) is 31.4. The first-order chi connectivity index (χ1) is 24.6. The molecule has 0 aliphatic rings. The Morgan fingerprint density at radius 1 is 0.471 bits per heavy atom. The van der Waals surface area contributed by atoms with Gasteiger partial charge in [0.15, 0.2) is 0 Å². The Labute approximate surface area is 303 Å². The second-order valence-corrected chi connectivity index (χ2v) is 11.8. The van der Waals surface area contributed by atoms with Crippen LogP contribution in [0.1, 0.15) is 46.5 Å². The summed E-state index contributed by atoms with van der Waals surface area (Å²) in [5.74, 6) is -1.22. The molecule has 17 heteroatoms. The molecule has 0 unspecified atom stereocenters. The first-order valence-electron chi connectivity index (χ1n) is 17.7. The summed E-state index contributed by atoms with van der Waals surface area (Å²) in [6.45, 7) is 14.9. The molecule has 0 fully saturated rings. The fraction of sp³-hybridized carbons (Fsp3) is 0.912. The molecule has 302 valence electrons. The molecule has 0 aromatic heterocycles. The lowest BCUT2D eigenvalue weighted by molar-refractivity contribution is -0.146. The minimum absolute atomic E-state index is 0.0564. The first-order valence-corrected chi connectivity index (χ1v) is 17.7. The summed E-state index contributed by atoms with van der Waals surface area (Å²) < 4.78 is 64.7. The number of hydrogen-bond donors (Lipinski definition) is 1. The highest BCUT2D eigenvalue weighted by molar-refractivity contribution is 5.69. The molecule has 51 heavy (non-hydrogen) atoms. The summed E-state index contributed by atoms with van der Waals surface area (Å²) in [6.07, 6.45) is 0.847. The molecule has 0 rings (SSSR count). The molecule has 17 nitrogen and oxygen atoms in total. The molecule has 0 heterocycles. The molecule has 0 aromatic rings. The number of carbonyl (C=O) groups excluding carboxylic acids is 2. The molecule has 0 aliphatic carbocycles. The Bertz CT molecular complexity index is 814. The Balaban J connectivity index is 3.18. The summed E-state index contributed by atoms with van der Waals surface area (Å²) in [7, 11) is 1.67. The van der Waals surface area contributed by atoms with Gasteiger partial charge in [-0.25, -0.2) is 4.79 Å². The van der Waals surface area contributed by atoms with Gasteiger partial charge in [0.1, 0.15) is 12.2 Å². The van der Waals surface area contributed by atoms with Gasteiger partial charge in [0, 0.05) is 26.4 Å². The Morgan fingerprint density at radius 3 is 1.08 bits per heavy atom. The van der Waals surface area contributed by atoms with E-state index < -0.39 is 11.6 Å². The lowest BCUT2D eigenvalue weighted by Crippen LogP contribution is -2.36. The van der Waals surface area contributed by atoms with E-state index >= 15 is 0 Å². The SMILES string of the molecule is CN(CCOCCOCCOCCOCCOCCOCCOCCOCCOCCOCCOC(=O)CCCCC(=O)O)C(=O)OC(C)(C)C. The quantitative estimate of drug-likeness (QED) is 0.0716. The average molecular weight is 744 g/mol. The van der Waals surface area contributed by atoms with E-state index in [1.54, 1.807) is 7.05 Å². The second-order valence-electron chi connectivity index (χ2n) is 11.8. The van der Waals surface area contributed by atoms with Gasteiger partial charge in [-0.15, -0.1) is 0 Å². The van der Waals surface area contributed by atoms with Crippen LogP contribution in [0.25, 0.3) is 0 Å². The molecule has 0 bridgehead atoms. The number of aliphatic carboxylic acids is 1. The molecule has 0 atom stereocenters. The Hall–Kier alpha value is -2.19. The van der Waals surface area contributed by atoms with Crippen LogP contribution in [0.3, 0.4) is 0 Å². The maximum atomic E-state index is 11.9. The van der Waals surface area contributed by atoms with Crippen molar-refractivity contribution >= 4 is 18.0 Å². The lowest BCUT2D eigenvalue weighted by atomic mass is 10.2. The van der Waals surface area contributed by atoms with Crippen molar-refractivity contribution in [3.8, 4) is 0 Å². The third kappa shape index (κ3) is 40.4. The Kier molecular flexibility index (Phi) is 34.6. The van der Waals surface area contributed by atoms with Crippen molar-refractivity contribution in [3.63, 3.8) is 0 Å². The van der Waals surface area contributed by atoms with E-state index in [2.05, 4.69) is 0 Å². The van der Waals surface area contributed by atoms with E-state index in [9.17, 15) is 14.4 Å². The number of esters is 1. The van der Waals surface area contributed by atoms with Crippen LogP contribution in [0.2, 0.25) is 0 Å². The number of carboxylic acids is 1. The number of nitrogens with zero attached hydrogens (tertiary/aromatic N) is 1. The van der Waals surface area contributed by atoms with Gasteiger partial charge in [-0.2, -0.15) is 0 Å². The fourth-order valence-corrected chi connectivity index (χ4v) is 3.55. The van der Waals surface area contributed by atoms with Crippen molar-refractivity contribution in [2.75, 3.05) is 152 Å². The zero-order chi connectivity index (χ0) is 37.7. The highest BCUT2D eigenvalue weighted by atomic mass is 16.6. The number of ether oxygens (including phenoxy) is 12. The van der Waals surface area contributed by atoms with Crippen LogP contribution in [-0.2, 0) is 66.4 Å². The maximum absolute atomic E-state index is 11.9. The van der Waals surface area contributed by atoms with E-state index in [-0.39, 0.29) is 38.1 Å². The van der Waals surface area contributed by atoms with Crippen LogP contribution in [0.4, 0.5) is 4.79 Å². The molecule has 0 saturated heterocycles. The van der Waals surface area contributed by atoms with Crippen LogP contribution < -0.4 is 0 Å². The number of likely N-dealkylation sites (N-methyl/N-ethyl adjacent to an activating group) is 1. The van der Waals surface area contributed by atoms with E-state index in [1.165, 1.54) is 4.90 Å². The van der Waals surface area contributed by atoms with Crippen molar-refractivity contribution in [1.29, 1.82) is 0 Å². The predicted molar refractivity (Wildman–Crippen MR) is 184 cm³/mol. The number of unbranched alkanes of at least 4 members (excludes halogenated alkanes) is 1. The van der Waals surface area contributed by atoms with Gasteiger partial charge in [0.2, 0.25) is 0 Å². The largest absolute Gasteiger partial charge is 0.481 e. The van der Waals surface area contributed by atoms with Gasteiger partial charge in [0.25, 0.3) is 0 Å². The molecule has 0 radical (unpaired) electrons.